The normalized spacial score (nSPS) is 22.2. The van der Waals surface area contributed by atoms with Crippen LogP contribution in [0.5, 0.6) is 0 Å². The van der Waals surface area contributed by atoms with Gasteiger partial charge in [0.2, 0.25) is 0 Å². The van der Waals surface area contributed by atoms with Gasteiger partial charge < -0.3 is 0 Å². The molecule has 0 saturated heterocycles. The van der Waals surface area contributed by atoms with Gasteiger partial charge in [0.05, 0.1) is 0 Å². The largest absolute Gasteiger partial charge is 0.0767 e. The minimum absolute atomic E-state index is 0.199. The van der Waals surface area contributed by atoms with E-state index in [9.17, 15) is 0 Å². The van der Waals surface area contributed by atoms with Crippen LogP contribution in [0.1, 0.15) is 16.7 Å². The molecule has 4 aliphatic carbocycles. The summed E-state index contributed by atoms with van der Waals surface area (Å²) in [7, 11) is 0. The molecule has 0 bridgehead atoms. The molecule has 4 aliphatic rings. The number of fused-ring (bicyclic) bond motifs is 6. The van der Waals surface area contributed by atoms with E-state index in [4.69, 9.17) is 0 Å². The summed E-state index contributed by atoms with van der Waals surface area (Å²) < 4.78 is 0. The summed E-state index contributed by atoms with van der Waals surface area (Å²) in [6, 6.07) is 43.0. The van der Waals surface area contributed by atoms with Gasteiger partial charge in [-0.2, -0.15) is 0 Å². The zero-order valence-corrected chi connectivity index (χ0v) is 26.6. The van der Waals surface area contributed by atoms with Crippen molar-refractivity contribution in [1.82, 2.24) is 0 Å². The fourth-order valence-corrected chi connectivity index (χ4v) is 8.93. The van der Waals surface area contributed by atoms with Crippen LogP contribution in [0.4, 0.5) is 0 Å². The standard InChI is InChI=1S/C48H34/c1-2-16-33-30-34(29-28-31(33)14-1)45-37-19-5-9-23-41(37)47(42-24-10-6-20-38(42)45)48-43-25-11-7-21-39(43)46(40-22-8-12-26-44(40)48)36-27-13-17-32-15-3-4-18-35(32)36/h1-31,33,39,43H. The Bertz CT molecular complexity index is 2570. The summed E-state index contributed by atoms with van der Waals surface area (Å²) in [6.45, 7) is 0. The minimum Gasteiger partial charge on any atom is -0.0767 e. The molecule has 0 heterocycles. The van der Waals surface area contributed by atoms with Crippen molar-refractivity contribution in [3.05, 3.63) is 209 Å². The van der Waals surface area contributed by atoms with Crippen LogP contribution in [-0.4, -0.2) is 0 Å². The smallest absolute Gasteiger partial charge is 0.0138 e. The Morgan fingerprint density at radius 3 is 1.60 bits per heavy atom. The lowest BCUT2D eigenvalue weighted by Crippen LogP contribution is -2.40. The zero-order valence-electron chi connectivity index (χ0n) is 26.6. The van der Waals surface area contributed by atoms with Crippen LogP contribution in [0, 0.1) is 23.7 Å². The van der Waals surface area contributed by atoms with Gasteiger partial charge in [0.1, 0.15) is 0 Å². The molecule has 6 aromatic carbocycles. The van der Waals surface area contributed by atoms with Crippen LogP contribution in [-0.2, 0) is 0 Å². The Morgan fingerprint density at radius 2 is 0.896 bits per heavy atom. The molecular formula is C48H34. The Hall–Kier alpha value is -5.72. The lowest BCUT2D eigenvalue weighted by atomic mass is 9.68. The predicted octanol–water partition coefficient (Wildman–Crippen LogP) is 10.2. The van der Waals surface area contributed by atoms with Crippen molar-refractivity contribution in [1.29, 1.82) is 0 Å². The SMILES string of the molecule is C1=CC2C=CC(c3c4ccccc4c(C4=c5ccccc5=C(c5cccc6ccccc56)C5C=CC=CC45)c4ccccc34)=CC2C=C1. The average Bonchev–Trinajstić information content (AvgIpc) is 3.16. The molecule has 0 spiro atoms. The third-order valence-electron chi connectivity index (χ3n) is 11.0. The molecule has 0 radical (unpaired) electrons. The van der Waals surface area contributed by atoms with E-state index in [1.54, 1.807) is 0 Å². The Kier molecular flexibility index (Phi) is 6.24. The molecule has 0 fully saturated rings. The summed E-state index contributed by atoms with van der Waals surface area (Å²) in [5.41, 5.74) is 8.19. The van der Waals surface area contributed by atoms with Crippen molar-refractivity contribution in [3.8, 4) is 0 Å². The van der Waals surface area contributed by atoms with Gasteiger partial charge in [0, 0.05) is 23.7 Å². The molecule has 0 aliphatic heterocycles. The third-order valence-corrected chi connectivity index (χ3v) is 11.0. The first-order valence-electron chi connectivity index (χ1n) is 17.2. The maximum absolute atomic E-state index is 2.48. The maximum Gasteiger partial charge on any atom is 0.0138 e. The van der Waals surface area contributed by atoms with Crippen LogP contribution in [0.3, 0.4) is 0 Å². The highest BCUT2D eigenvalue weighted by Crippen LogP contribution is 2.47. The van der Waals surface area contributed by atoms with Gasteiger partial charge >= 0.3 is 0 Å². The molecule has 0 N–H and O–H groups in total. The average molecular weight is 611 g/mol. The van der Waals surface area contributed by atoms with Crippen LogP contribution >= 0.6 is 0 Å². The highest BCUT2D eigenvalue weighted by atomic mass is 14.4. The van der Waals surface area contributed by atoms with Crippen LogP contribution < -0.4 is 10.4 Å². The van der Waals surface area contributed by atoms with Crippen molar-refractivity contribution in [2.75, 3.05) is 0 Å². The fourth-order valence-electron chi connectivity index (χ4n) is 8.93. The molecule has 226 valence electrons. The third kappa shape index (κ3) is 4.09. The van der Waals surface area contributed by atoms with E-state index < -0.39 is 0 Å². The first kappa shape index (κ1) is 27.4. The van der Waals surface area contributed by atoms with Gasteiger partial charge in [0.15, 0.2) is 0 Å². The topological polar surface area (TPSA) is 0 Å². The summed E-state index contributed by atoms with van der Waals surface area (Å²) >= 11 is 0. The number of hydrogen-bond donors (Lipinski definition) is 0. The summed E-state index contributed by atoms with van der Waals surface area (Å²) in [5.74, 6) is 1.23. The van der Waals surface area contributed by atoms with Gasteiger partial charge in [-0.3, -0.25) is 0 Å². The van der Waals surface area contributed by atoms with Crippen molar-refractivity contribution < 1.29 is 0 Å². The van der Waals surface area contributed by atoms with E-state index in [1.165, 1.54) is 76.2 Å². The molecule has 0 amide bonds. The maximum atomic E-state index is 2.48. The van der Waals surface area contributed by atoms with E-state index in [1.807, 2.05) is 0 Å². The Balaban J connectivity index is 1.34. The molecule has 0 nitrogen and oxygen atoms in total. The predicted molar refractivity (Wildman–Crippen MR) is 204 cm³/mol. The zero-order chi connectivity index (χ0) is 31.6. The summed E-state index contributed by atoms with van der Waals surface area (Å²) in [5, 5.41) is 10.5. The van der Waals surface area contributed by atoms with Gasteiger partial charge in [0.25, 0.3) is 0 Å². The van der Waals surface area contributed by atoms with Crippen molar-refractivity contribution in [2.24, 2.45) is 23.7 Å². The summed E-state index contributed by atoms with van der Waals surface area (Å²) in [6.07, 6.45) is 25.7. The minimum atomic E-state index is 0.199. The second-order valence-electron chi connectivity index (χ2n) is 13.5. The molecule has 0 heteroatoms. The van der Waals surface area contributed by atoms with E-state index in [0.29, 0.717) is 11.8 Å². The number of benzene rings is 6. The first-order valence-corrected chi connectivity index (χ1v) is 17.2. The lowest BCUT2D eigenvalue weighted by Gasteiger charge is -2.35. The fraction of sp³-hybridized carbons (Fsp3) is 0.0833. The van der Waals surface area contributed by atoms with E-state index >= 15 is 0 Å². The molecule has 10 rings (SSSR count). The monoisotopic (exact) mass is 610 g/mol. The number of rotatable bonds is 3. The van der Waals surface area contributed by atoms with Crippen molar-refractivity contribution >= 4 is 49.0 Å². The van der Waals surface area contributed by atoms with Crippen molar-refractivity contribution in [3.63, 3.8) is 0 Å². The summed E-state index contributed by atoms with van der Waals surface area (Å²) in [4.78, 5) is 0. The first-order chi connectivity index (χ1) is 23.8. The van der Waals surface area contributed by atoms with Crippen LogP contribution in [0.25, 0.3) is 49.0 Å². The second-order valence-corrected chi connectivity index (χ2v) is 13.5. The quantitative estimate of drug-likeness (QED) is 0.175. The second kappa shape index (κ2) is 10.9. The van der Waals surface area contributed by atoms with E-state index in [0.717, 1.165) is 0 Å². The Morgan fingerprint density at radius 1 is 0.375 bits per heavy atom. The van der Waals surface area contributed by atoms with E-state index in [-0.39, 0.29) is 11.8 Å². The van der Waals surface area contributed by atoms with Crippen LogP contribution in [0.15, 0.2) is 182 Å². The molecule has 0 aromatic heterocycles. The molecule has 48 heavy (non-hydrogen) atoms. The number of hydrogen-bond acceptors (Lipinski definition) is 0. The van der Waals surface area contributed by atoms with Gasteiger partial charge in [-0.05, 0) is 76.2 Å². The van der Waals surface area contributed by atoms with E-state index in [2.05, 4.69) is 182 Å². The lowest BCUT2D eigenvalue weighted by molar-refractivity contribution is 0.663. The highest BCUT2D eigenvalue weighted by Gasteiger charge is 2.34. The molecule has 0 saturated carbocycles. The Labute approximate surface area is 281 Å². The van der Waals surface area contributed by atoms with Crippen LogP contribution in [0.2, 0.25) is 0 Å². The number of allylic oxidation sites excluding steroid dienone is 12. The van der Waals surface area contributed by atoms with Gasteiger partial charge in [-0.25, -0.2) is 0 Å². The molecule has 4 unspecified atom stereocenters. The van der Waals surface area contributed by atoms with Crippen molar-refractivity contribution in [2.45, 2.75) is 0 Å². The molecular weight excluding hydrogens is 577 g/mol. The van der Waals surface area contributed by atoms with Gasteiger partial charge in [-0.1, -0.05) is 182 Å². The molecule has 4 atom stereocenters. The highest BCUT2D eigenvalue weighted by molar-refractivity contribution is 6.17. The molecule has 6 aromatic rings. The van der Waals surface area contributed by atoms with Gasteiger partial charge in [-0.15, -0.1) is 0 Å².